The molecular weight excluding hydrogens is 400 g/mol. The molecule has 1 N–H and O–H groups in total. The van der Waals surface area contributed by atoms with Crippen LogP contribution in [0.25, 0.3) is 0 Å². The lowest BCUT2D eigenvalue weighted by molar-refractivity contribution is 0.0728. The van der Waals surface area contributed by atoms with Crippen LogP contribution in [0, 0.1) is 16.7 Å². The number of rotatable bonds is 5. The van der Waals surface area contributed by atoms with E-state index in [1.54, 1.807) is 18.2 Å². The molecule has 3 fully saturated rings. The minimum absolute atomic E-state index is 0.0503. The van der Waals surface area contributed by atoms with Crippen LogP contribution in [0.1, 0.15) is 62.9 Å². The number of nitrogens with zero attached hydrogens (tertiary/aromatic N) is 1. The average Bonchev–Trinajstić information content (AvgIpc) is 3.22. The lowest BCUT2D eigenvalue weighted by Crippen LogP contribution is -2.52. The number of hydrogen-bond donors (Lipinski definition) is 1. The zero-order valence-electron chi connectivity index (χ0n) is 18.5. The average molecular weight is 435 g/mol. The Bertz CT molecular complexity index is 932. The summed E-state index contributed by atoms with van der Waals surface area (Å²) in [6.45, 7) is 10.2. The van der Waals surface area contributed by atoms with E-state index in [1.807, 2.05) is 6.92 Å². The molecular formula is C23H34N2O4S. The van der Waals surface area contributed by atoms with Crippen LogP contribution < -0.4 is 5.32 Å². The van der Waals surface area contributed by atoms with Gasteiger partial charge in [-0.15, -0.1) is 0 Å². The highest BCUT2D eigenvalue weighted by Gasteiger charge is 2.59. The summed E-state index contributed by atoms with van der Waals surface area (Å²) in [5, 5.41) is 3.29. The molecule has 4 rings (SSSR count). The number of morpholine rings is 1. The van der Waals surface area contributed by atoms with Gasteiger partial charge < -0.3 is 10.1 Å². The fourth-order valence-corrected chi connectivity index (χ4v) is 7.76. The maximum atomic E-state index is 13.3. The van der Waals surface area contributed by atoms with E-state index in [1.165, 1.54) is 10.7 Å². The van der Waals surface area contributed by atoms with Crippen molar-refractivity contribution < 1.29 is 17.9 Å². The number of amides is 1. The van der Waals surface area contributed by atoms with Gasteiger partial charge >= 0.3 is 0 Å². The molecule has 3 unspecified atom stereocenters. The van der Waals surface area contributed by atoms with Crippen LogP contribution in [0.15, 0.2) is 23.1 Å². The molecule has 0 aromatic heterocycles. The Labute approximate surface area is 180 Å². The molecule has 1 aliphatic heterocycles. The van der Waals surface area contributed by atoms with Crippen molar-refractivity contribution in [3.8, 4) is 0 Å². The number of carbonyl (C=O) groups is 1. The second kappa shape index (κ2) is 7.61. The van der Waals surface area contributed by atoms with Crippen molar-refractivity contribution in [1.29, 1.82) is 0 Å². The van der Waals surface area contributed by atoms with Gasteiger partial charge in [-0.2, -0.15) is 4.31 Å². The van der Waals surface area contributed by atoms with Gasteiger partial charge in [0.2, 0.25) is 10.0 Å². The summed E-state index contributed by atoms with van der Waals surface area (Å²) in [6, 6.07) is 5.22. The molecule has 3 atom stereocenters. The zero-order valence-corrected chi connectivity index (χ0v) is 19.3. The minimum atomic E-state index is -3.66. The maximum Gasteiger partial charge on any atom is 0.251 e. The second-order valence-corrected chi connectivity index (χ2v) is 11.9. The van der Waals surface area contributed by atoms with Gasteiger partial charge in [0, 0.05) is 24.7 Å². The Hall–Kier alpha value is -1.44. The summed E-state index contributed by atoms with van der Waals surface area (Å²) in [7, 11) is -3.66. The molecule has 166 valence electrons. The summed E-state index contributed by atoms with van der Waals surface area (Å²) < 4.78 is 33.3. The number of hydrogen-bond acceptors (Lipinski definition) is 4. The molecule has 1 amide bonds. The Balaban J connectivity index is 1.62. The number of sulfonamides is 1. The van der Waals surface area contributed by atoms with Gasteiger partial charge in [0.05, 0.1) is 18.1 Å². The highest BCUT2D eigenvalue weighted by molar-refractivity contribution is 7.89. The van der Waals surface area contributed by atoms with Gasteiger partial charge in [0.25, 0.3) is 5.91 Å². The van der Waals surface area contributed by atoms with Crippen LogP contribution in [0.5, 0.6) is 0 Å². The normalized spacial score (nSPS) is 31.1. The lowest BCUT2D eigenvalue weighted by Gasteiger charge is -2.43. The van der Waals surface area contributed by atoms with Crippen molar-refractivity contribution in [1.82, 2.24) is 9.62 Å². The monoisotopic (exact) mass is 434 g/mol. The van der Waals surface area contributed by atoms with Crippen molar-refractivity contribution in [2.24, 2.45) is 16.7 Å². The number of aryl methyl sites for hydroxylation is 1. The summed E-state index contributed by atoms with van der Waals surface area (Å²) in [4.78, 5) is 13.5. The van der Waals surface area contributed by atoms with Gasteiger partial charge in [-0.3, -0.25) is 4.79 Å². The molecule has 3 aliphatic rings. The number of nitrogens with one attached hydrogen (secondary N) is 1. The largest absolute Gasteiger partial charge is 0.379 e. The van der Waals surface area contributed by atoms with Crippen LogP contribution in [-0.4, -0.2) is 51.0 Å². The van der Waals surface area contributed by atoms with E-state index < -0.39 is 10.0 Å². The highest BCUT2D eigenvalue weighted by Crippen LogP contribution is 2.62. The Morgan fingerprint density at radius 2 is 1.93 bits per heavy atom. The third-order valence-corrected chi connectivity index (χ3v) is 9.82. The van der Waals surface area contributed by atoms with Crippen molar-refractivity contribution in [2.45, 2.75) is 64.3 Å². The van der Waals surface area contributed by atoms with Gasteiger partial charge in [-0.05, 0) is 60.1 Å². The molecule has 2 bridgehead atoms. The fraction of sp³-hybridized carbons (Fsp3) is 0.696. The highest BCUT2D eigenvalue weighted by atomic mass is 32.2. The van der Waals surface area contributed by atoms with E-state index in [-0.39, 0.29) is 27.7 Å². The summed E-state index contributed by atoms with van der Waals surface area (Å²) in [5.41, 5.74) is 1.33. The van der Waals surface area contributed by atoms with E-state index in [2.05, 4.69) is 26.1 Å². The van der Waals surface area contributed by atoms with Crippen molar-refractivity contribution in [3.63, 3.8) is 0 Å². The summed E-state index contributed by atoms with van der Waals surface area (Å²) >= 11 is 0. The lowest BCUT2D eigenvalue weighted by atomic mass is 9.68. The molecule has 2 saturated carbocycles. The predicted octanol–water partition coefficient (Wildman–Crippen LogP) is 3.21. The third-order valence-electron chi connectivity index (χ3n) is 7.84. The molecule has 0 radical (unpaired) electrons. The first-order valence-corrected chi connectivity index (χ1v) is 12.6. The molecule has 7 heteroatoms. The predicted molar refractivity (Wildman–Crippen MR) is 116 cm³/mol. The second-order valence-electron chi connectivity index (χ2n) is 10.0. The SMILES string of the molecule is CCc1ccc(C(=O)NC2C3(C)CCC(C3)C2(C)C)cc1S(=O)(=O)N1CCOCC1. The number of carbonyl (C=O) groups excluding carboxylic acids is 1. The third kappa shape index (κ3) is 3.49. The Morgan fingerprint density at radius 1 is 1.23 bits per heavy atom. The molecule has 1 aromatic rings. The molecule has 2 aliphatic carbocycles. The molecule has 6 nitrogen and oxygen atoms in total. The van der Waals surface area contributed by atoms with Gasteiger partial charge in [0.15, 0.2) is 0 Å². The van der Waals surface area contributed by atoms with Crippen molar-refractivity contribution >= 4 is 15.9 Å². The van der Waals surface area contributed by atoms with Crippen LogP contribution >= 0.6 is 0 Å². The maximum absolute atomic E-state index is 13.3. The quantitative estimate of drug-likeness (QED) is 0.772. The first-order chi connectivity index (χ1) is 14.1. The van der Waals surface area contributed by atoms with Crippen molar-refractivity contribution in [2.75, 3.05) is 26.3 Å². The van der Waals surface area contributed by atoms with Crippen LogP contribution in [0.4, 0.5) is 0 Å². The van der Waals surface area contributed by atoms with Gasteiger partial charge in [-0.25, -0.2) is 8.42 Å². The van der Waals surface area contributed by atoms with Gasteiger partial charge in [0.1, 0.15) is 0 Å². The standard InChI is InChI=1S/C23H34N2O4S/c1-5-16-6-7-17(14-19(16)30(27,28)25-10-12-29-13-11-25)20(26)24-21-22(2,3)18-8-9-23(21,4)15-18/h6-7,14,18,21H,5,8-13,15H2,1-4H3,(H,24,26). The van der Waals surface area contributed by atoms with E-state index in [0.29, 0.717) is 44.2 Å². The van der Waals surface area contributed by atoms with Gasteiger partial charge in [-0.1, -0.05) is 33.8 Å². The Morgan fingerprint density at radius 3 is 2.53 bits per heavy atom. The van der Waals surface area contributed by atoms with E-state index in [0.717, 1.165) is 18.4 Å². The zero-order chi connectivity index (χ0) is 21.7. The van der Waals surface area contributed by atoms with Crippen LogP contribution in [0.2, 0.25) is 0 Å². The Kier molecular flexibility index (Phi) is 5.52. The topological polar surface area (TPSA) is 75.7 Å². The molecule has 1 saturated heterocycles. The smallest absolute Gasteiger partial charge is 0.251 e. The minimum Gasteiger partial charge on any atom is -0.379 e. The van der Waals surface area contributed by atoms with Crippen LogP contribution in [-0.2, 0) is 21.2 Å². The van der Waals surface area contributed by atoms with E-state index in [9.17, 15) is 13.2 Å². The number of ether oxygens (including phenoxy) is 1. The first-order valence-electron chi connectivity index (χ1n) is 11.1. The first kappa shape index (κ1) is 21.8. The van der Waals surface area contributed by atoms with E-state index >= 15 is 0 Å². The van der Waals surface area contributed by atoms with Crippen LogP contribution in [0.3, 0.4) is 0 Å². The molecule has 1 heterocycles. The molecule has 1 aromatic carbocycles. The molecule has 0 spiro atoms. The summed E-state index contributed by atoms with van der Waals surface area (Å²) in [5.74, 6) is 0.454. The fourth-order valence-electron chi connectivity index (χ4n) is 6.03. The van der Waals surface area contributed by atoms with E-state index in [4.69, 9.17) is 4.74 Å². The molecule has 30 heavy (non-hydrogen) atoms. The van der Waals surface area contributed by atoms with Crippen molar-refractivity contribution in [3.05, 3.63) is 29.3 Å². The summed E-state index contributed by atoms with van der Waals surface area (Å²) in [6.07, 6.45) is 4.10. The number of fused-ring (bicyclic) bond motifs is 2. The number of benzene rings is 1.